The van der Waals surface area contributed by atoms with Crippen LogP contribution in [0, 0.1) is 0 Å². The molecule has 0 fully saturated rings. The third-order valence-corrected chi connectivity index (χ3v) is 5.07. The fourth-order valence-corrected chi connectivity index (χ4v) is 3.34. The summed E-state index contributed by atoms with van der Waals surface area (Å²) in [6.07, 6.45) is 0. The zero-order valence-corrected chi connectivity index (χ0v) is 13.9. The molecule has 1 atom stereocenters. The third-order valence-electron chi connectivity index (χ3n) is 4.03. The van der Waals surface area contributed by atoms with Gasteiger partial charge in [-0.3, -0.25) is 14.5 Å². The Morgan fingerprint density at radius 1 is 1.35 bits per heavy atom. The van der Waals surface area contributed by atoms with E-state index in [-0.39, 0.29) is 31.0 Å². The van der Waals surface area contributed by atoms with E-state index in [1.54, 1.807) is 35.4 Å². The van der Waals surface area contributed by atoms with Gasteiger partial charge in [-0.1, -0.05) is 18.2 Å². The van der Waals surface area contributed by atoms with Crippen molar-refractivity contribution >= 4 is 28.8 Å². The van der Waals surface area contributed by atoms with Gasteiger partial charge in [0.15, 0.2) is 6.61 Å². The number of ether oxygens (including phenoxy) is 1. The Kier molecular flexibility index (Phi) is 4.34. The molecule has 1 aromatic carbocycles. The summed E-state index contributed by atoms with van der Waals surface area (Å²) < 4.78 is 5.40. The van der Waals surface area contributed by atoms with Crippen LogP contribution >= 0.6 is 11.3 Å². The van der Waals surface area contributed by atoms with Crippen molar-refractivity contribution in [2.45, 2.75) is 13.0 Å². The van der Waals surface area contributed by atoms with Crippen LogP contribution in [0.1, 0.15) is 17.8 Å². The van der Waals surface area contributed by atoms with Gasteiger partial charge in [-0.15, -0.1) is 11.3 Å². The molecule has 0 N–H and O–H groups in total. The Bertz CT molecular complexity index is 714. The molecule has 0 saturated carbocycles. The van der Waals surface area contributed by atoms with E-state index < -0.39 is 0 Å². The Morgan fingerprint density at radius 2 is 2.13 bits per heavy atom. The van der Waals surface area contributed by atoms with Crippen LogP contribution in [-0.4, -0.2) is 36.9 Å². The highest BCUT2D eigenvalue weighted by Crippen LogP contribution is 2.31. The quantitative estimate of drug-likeness (QED) is 0.866. The zero-order chi connectivity index (χ0) is 16.4. The lowest BCUT2D eigenvalue weighted by Crippen LogP contribution is -2.46. The molecule has 1 aliphatic heterocycles. The topological polar surface area (TPSA) is 49.9 Å². The van der Waals surface area contributed by atoms with Crippen molar-refractivity contribution < 1.29 is 14.3 Å². The summed E-state index contributed by atoms with van der Waals surface area (Å²) in [5.41, 5.74) is 0.647. The van der Waals surface area contributed by atoms with Crippen molar-refractivity contribution in [3.8, 4) is 5.75 Å². The lowest BCUT2D eigenvalue weighted by molar-refractivity contribution is -0.132. The van der Waals surface area contributed by atoms with Gasteiger partial charge in [-0.2, -0.15) is 0 Å². The molecule has 0 radical (unpaired) electrons. The first-order valence-electron chi connectivity index (χ1n) is 7.39. The molecule has 0 bridgehead atoms. The molecule has 2 amide bonds. The number of para-hydroxylation sites is 2. The molecule has 23 heavy (non-hydrogen) atoms. The maximum absolute atomic E-state index is 12.6. The highest BCUT2D eigenvalue weighted by atomic mass is 32.1. The van der Waals surface area contributed by atoms with Crippen LogP contribution in [0.3, 0.4) is 0 Å². The second-order valence-electron chi connectivity index (χ2n) is 5.43. The fraction of sp³-hybridized carbons (Fsp3) is 0.294. The van der Waals surface area contributed by atoms with Crippen molar-refractivity contribution in [3.63, 3.8) is 0 Å². The smallest absolute Gasteiger partial charge is 0.265 e. The molecule has 0 spiro atoms. The van der Waals surface area contributed by atoms with Gasteiger partial charge in [-0.05, 0) is 30.5 Å². The lowest BCUT2D eigenvalue weighted by atomic mass is 10.2. The normalized spacial score (nSPS) is 14.9. The Hall–Kier alpha value is -2.34. The summed E-state index contributed by atoms with van der Waals surface area (Å²) in [5.74, 6) is 0.332. The SMILES string of the molecule is C[C@H](c1cccs1)N(C)C(=O)CN1C(=O)COc2ccccc21. The molecule has 2 heterocycles. The summed E-state index contributed by atoms with van der Waals surface area (Å²) in [4.78, 5) is 29.0. The number of amides is 2. The number of carbonyl (C=O) groups excluding carboxylic acids is 2. The van der Waals surface area contributed by atoms with E-state index in [1.807, 2.05) is 36.6 Å². The van der Waals surface area contributed by atoms with E-state index in [0.717, 1.165) is 4.88 Å². The summed E-state index contributed by atoms with van der Waals surface area (Å²) in [5, 5.41) is 1.99. The number of benzene rings is 1. The van der Waals surface area contributed by atoms with Crippen LogP contribution in [0.5, 0.6) is 5.75 Å². The molecular weight excluding hydrogens is 312 g/mol. The average molecular weight is 330 g/mol. The van der Waals surface area contributed by atoms with Gasteiger partial charge in [0.1, 0.15) is 12.3 Å². The number of likely N-dealkylation sites (N-methyl/N-ethyl adjacent to an activating group) is 1. The number of nitrogens with zero attached hydrogens (tertiary/aromatic N) is 2. The number of rotatable bonds is 4. The van der Waals surface area contributed by atoms with Crippen LogP contribution in [0.25, 0.3) is 0 Å². The van der Waals surface area contributed by atoms with E-state index in [1.165, 1.54) is 4.90 Å². The summed E-state index contributed by atoms with van der Waals surface area (Å²) in [6.45, 7) is 1.97. The maximum atomic E-state index is 12.6. The Labute approximate surface area is 139 Å². The first-order chi connectivity index (χ1) is 11.1. The molecule has 0 saturated heterocycles. The van der Waals surface area contributed by atoms with Gasteiger partial charge in [0.05, 0.1) is 11.7 Å². The number of carbonyl (C=O) groups is 2. The van der Waals surface area contributed by atoms with Crippen LogP contribution in [0.15, 0.2) is 41.8 Å². The minimum absolute atomic E-state index is 0.0193. The third kappa shape index (κ3) is 3.07. The van der Waals surface area contributed by atoms with Gasteiger partial charge in [-0.25, -0.2) is 0 Å². The van der Waals surface area contributed by atoms with E-state index in [0.29, 0.717) is 11.4 Å². The van der Waals surface area contributed by atoms with Crippen molar-refractivity contribution in [2.75, 3.05) is 25.1 Å². The van der Waals surface area contributed by atoms with Crippen LogP contribution < -0.4 is 9.64 Å². The molecule has 6 heteroatoms. The predicted molar refractivity (Wildman–Crippen MR) is 89.8 cm³/mol. The van der Waals surface area contributed by atoms with Gasteiger partial charge >= 0.3 is 0 Å². The summed E-state index contributed by atoms with van der Waals surface area (Å²) in [6, 6.07) is 11.2. The Balaban J connectivity index is 1.76. The zero-order valence-electron chi connectivity index (χ0n) is 13.1. The lowest BCUT2D eigenvalue weighted by Gasteiger charge is -2.31. The minimum atomic E-state index is -0.200. The van der Waals surface area contributed by atoms with E-state index in [4.69, 9.17) is 4.74 Å². The molecule has 1 aromatic heterocycles. The molecule has 2 aromatic rings. The van der Waals surface area contributed by atoms with Crippen molar-refractivity contribution in [1.29, 1.82) is 0 Å². The standard InChI is InChI=1S/C17H18N2O3S/c1-12(15-8-5-9-23-15)18(2)16(20)10-19-13-6-3-4-7-14(13)22-11-17(19)21/h3-9,12H,10-11H2,1-2H3/t12-/m1/s1. The molecule has 3 rings (SSSR count). The van der Waals surface area contributed by atoms with Crippen LogP contribution in [-0.2, 0) is 9.59 Å². The molecular formula is C17H18N2O3S. The highest BCUT2D eigenvalue weighted by Gasteiger charge is 2.29. The first-order valence-corrected chi connectivity index (χ1v) is 8.27. The number of hydrogen-bond donors (Lipinski definition) is 0. The summed E-state index contributed by atoms with van der Waals surface area (Å²) >= 11 is 1.62. The first kappa shape index (κ1) is 15.6. The largest absolute Gasteiger partial charge is 0.482 e. The van der Waals surface area contributed by atoms with Gasteiger partial charge in [0, 0.05) is 11.9 Å². The highest BCUT2D eigenvalue weighted by molar-refractivity contribution is 7.10. The van der Waals surface area contributed by atoms with Gasteiger partial charge < -0.3 is 9.64 Å². The number of hydrogen-bond acceptors (Lipinski definition) is 4. The number of thiophene rings is 1. The fourth-order valence-electron chi connectivity index (χ4n) is 2.51. The monoisotopic (exact) mass is 330 g/mol. The molecule has 0 unspecified atom stereocenters. The van der Waals surface area contributed by atoms with Gasteiger partial charge in [0.25, 0.3) is 5.91 Å². The van der Waals surface area contributed by atoms with Crippen molar-refractivity contribution in [2.24, 2.45) is 0 Å². The predicted octanol–water partition coefficient (Wildman–Crippen LogP) is 2.69. The molecule has 1 aliphatic rings. The van der Waals surface area contributed by atoms with Gasteiger partial charge in [0.2, 0.25) is 5.91 Å². The second-order valence-corrected chi connectivity index (χ2v) is 6.41. The minimum Gasteiger partial charge on any atom is -0.482 e. The molecule has 120 valence electrons. The van der Waals surface area contributed by atoms with Crippen molar-refractivity contribution in [3.05, 3.63) is 46.7 Å². The maximum Gasteiger partial charge on any atom is 0.265 e. The van der Waals surface area contributed by atoms with Crippen LogP contribution in [0.2, 0.25) is 0 Å². The summed E-state index contributed by atoms with van der Waals surface area (Å²) in [7, 11) is 1.77. The average Bonchev–Trinajstić information content (AvgIpc) is 3.10. The number of anilines is 1. The van der Waals surface area contributed by atoms with E-state index >= 15 is 0 Å². The van der Waals surface area contributed by atoms with Crippen molar-refractivity contribution in [1.82, 2.24) is 4.90 Å². The second kappa shape index (κ2) is 6.42. The van der Waals surface area contributed by atoms with E-state index in [2.05, 4.69) is 0 Å². The van der Waals surface area contributed by atoms with E-state index in [9.17, 15) is 9.59 Å². The molecule has 0 aliphatic carbocycles. The number of fused-ring (bicyclic) bond motifs is 1. The molecule has 5 nitrogen and oxygen atoms in total. The van der Waals surface area contributed by atoms with Crippen LogP contribution in [0.4, 0.5) is 5.69 Å². The Morgan fingerprint density at radius 3 is 2.87 bits per heavy atom.